The summed E-state index contributed by atoms with van der Waals surface area (Å²) in [5.41, 5.74) is -0.246. The van der Waals surface area contributed by atoms with Gasteiger partial charge in [-0.05, 0) is 50.3 Å². The highest BCUT2D eigenvalue weighted by molar-refractivity contribution is 7.96. The number of nitrogens with one attached hydrogen (secondary N) is 1. The first-order valence-corrected chi connectivity index (χ1v) is 15.5. The molecule has 0 radical (unpaired) electrons. The quantitative estimate of drug-likeness (QED) is 0.483. The highest BCUT2D eigenvalue weighted by atomic mass is 35.5. The maximum absolute atomic E-state index is 15.5. The van der Waals surface area contributed by atoms with Crippen molar-refractivity contribution >= 4 is 31.3 Å². The van der Waals surface area contributed by atoms with Crippen molar-refractivity contribution in [3.05, 3.63) is 57.8 Å². The summed E-state index contributed by atoms with van der Waals surface area (Å²) >= 11 is 6.06. The molecule has 4 aliphatic rings. The van der Waals surface area contributed by atoms with Gasteiger partial charge in [-0.25, -0.2) is 25.6 Å². The zero-order chi connectivity index (χ0) is 26.1. The Balaban J connectivity index is 1.80. The normalized spacial score (nSPS) is 32.9. The molecule has 5 unspecified atom stereocenters. The Morgan fingerprint density at radius 1 is 1.17 bits per heavy atom. The second kappa shape index (κ2) is 10.8. The summed E-state index contributed by atoms with van der Waals surface area (Å²) in [6, 6.07) is 0. The van der Waals surface area contributed by atoms with Crippen LogP contribution in [0.25, 0.3) is 0 Å². The Morgan fingerprint density at radius 3 is 2.69 bits per heavy atom. The second-order valence-electron chi connectivity index (χ2n) is 9.31. The summed E-state index contributed by atoms with van der Waals surface area (Å²) in [7, 11) is -6.09. The lowest BCUT2D eigenvalue weighted by atomic mass is 9.71. The van der Waals surface area contributed by atoms with E-state index in [1.165, 1.54) is 12.2 Å². The van der Waals surface area contributed by atoms with Crippen molar-refractivity contribution in [3.8, 4) is 0 Å². The molecule has 5 atom stereocenters. The standard InChI is InChI=1S/C24H30ClF2NO6S2/c1-28-11-14-35(29,30)13-9-21-18-15-34-23-20(27)8-7-19(26)22(23)24(18,10-12-33-21)36(31,32)17-4-2-3-16(25)5-6-17/h2-3,5-8,18,20-21,23,28H,4,9-15H2,1H3. The summed E-state index contributed by atoms with van der Waals surface area (Å²) in [5, 5.41) is 3.13. The van der Waals surface area contributed by atoms with Crippen molar-refractivity contribution in [2.45, 2.75) is 42.4 Å². The van der Waals surface area contributed by atoms with E-state index in [0.717, 1.165) is 12.2 Å². The van der Waals surface area contributed by atoms with Gasteiger partial charge in [0.1, 0.15) is 22.8 Å². The summed E-state index contributed by atoms with van der Waals surface area (Å²) in [5.74, 6) is -2.09. The van der Waals surface area contributed by atoms with Gasteiger partial charge in [0.25, 0.3) is 0 Å². The molecular weight excluding hydrogens is 536 g/mol. The molecule has 2 aliphatic carbocycles. The number of allylic oxidation sites excluding steroid dienone is 8. The van der Waals surface area contributed by atoms with Crippen molar-refractivity contribution in [2.75, 3.05) is 38.3 Å². The second-order valence-corrected chi connectivity index (χ2v) is 14.3. The number of hydrogen-bond acceptors (Lipinski definition) is 7. The first kappa shape index (κ1) is 27.7. The molecule has 2 heterocycles. The molecular formula is C24H30ClF2NO6S2. The molecule has 12 heteroatoms. The molecule has 0 saturated carbocycles. The van der Waals surface area contributed by atoms with Gasteiger partial charge in [-0.15, -0.1) is 0 Å². The Hall–Kier alpha value is -1.37. The van der Waals surface area contributed by atoms with E-state index in [2.05, 4.69) is 5.32 Å². The van der Waals surface area contributed by atoms with E-state index in [-0.39, 0.29) is 61.0 Å². The molecule has 0 bridgehead atoms. The summed E-state index contributed by atoms with van der Waals surface area (Å²) < 4.78 is 93.9. The highest BCUT2D eigenvalue weighted by Crippen LogP contribution is 2.54. The highest BCUT2D eigenvalue weighted by Gasteiger charge is 2.64. The van der Waals surface area contributed by atoms with E-state index in [9.17, 15) is 21.2 Å². The predicted molar refractivity (Wildman–Crippen MR) is 134 cm³/mol. The molecule has 36 heavy (non-hydrogen) atoms. The van der Waals surface area contributed by atoms with Crippen LogP contribution in [-0.2, 0) is 29.1 Å². The van der Waals surface area contributed by atoms with Crippen molar-refractivity contribution in [1.29, 1.82) is 0 Å². The average Bonchev–Trinajstić information content (AvgIpc) is 3.08. The van der Waals surface area contributed by atoms with E-state index in [4.69, 9.17) is 21.1 Å². The fourth-order valence-electron chi connectivity index (χ4n) is 5.46. The minimum absolute atomic E-state index is 0.0104. The molecule has 2 fully saturated rings. The maximum Gasteiger partial charge on any atom is 0.185 e. The van der Waals surface area contributed by atoms with Crippen molar-refractivity contribution in [3.63, 3.8) is 0 Å². The summed E-state index contributed by atoms with van der Waals surface area (Å²) in [4.78, 5) is 0.0209. The zero-order valence-electron chi connectivity index (χ0n) is 19.8. The van der Waals surface area contributed by atoms with Crippen molar-refractivity contribution in [1.82, 2.24) is 5.32 Å². The molecule has 2 saturated heterocycles. The van der Waals surface area contributed by atoms with Crippen LogP contribution in [0.15, 0.2) is 57.8 Å². The number of ether oxygens (including phenoxy) is 2. The zero-order valence-corrected chi connectivity index (χ0v) is 22.2. The Morgan fingerprint density at radius 2 is 1.94 bits per heavy atom. The minimum Gasteiger partial charge on any atom is -0.378 e. The van der Waals surface area contributed by atoms with Gasteiger partial charge in [-0.2, -0.15) is 0 Å². The van der Waals surface area contributed by atoms with Gasteiger partial charge in [0.2, 0.25) is 0 Å². The van der Waals surface area contributed by atoms with Gasteiger partial charge in [0, 0.05) is 41.0 Å². The van der Waals surface area contributed by atoms with Gasteiger partial charge < -0.3 is 14.8 Å². The number of halogens is 3. The summed E-state index contributed by atoms with van der Waals surface area (Å²) in [6.07, 6.45) is 3.98. The van der Waals surface area contributed by atoms with Crippen LogP contribution in [0.4, 0.5) is 8.78 Å². The Labute approximate surface area is 215 Å². The van der Waals surface area contributed by atoms with E-state index in [1.54, 1.807) is 19.2 Å². The average molecular weight is 566 g/mol. The van der Waals surface area contributed by atoms with Gasteiger partial charge in [-0.1, -0.05) is 17.7 Å². The first-order chi connectivity index (χ1) is 17.0. The van der Waals surface area contributed by atoms with Crippen LogP contribution in [0.3, 0.4) is 0 Å². The third-order valence-electron chi connectivity index (χ3n) is 7.25. The number of rotatable bonds is 8. The minimum atomic E-state index is -4.29. The molecule has 0 aromatic heterocycles. The number of fused-ring (bicyclic) bond motifs is 3. The van der Waals surface area contributed by atoms with Gasteiger partial charge in [0.15, 0.2) is 19.7 Å². The van der Waals surface area contributed by atoms with E-state index >= 15 is 4.39 Å². The SMILES string of the molecule is CNCCS(=O)(=O)CCC1OCCC2(S(=O)(=O)C3=CC=C(Cl)C=CC3)C3=C(F)C=CC(F)C3OCC12. The summed E-state index contributed by atoms with van der Waals surface area (Å²) in [6.45, 7) is 0.0111. The van der Waals surface area contributed by atoms with Crippen LogP contribution in [0.5, 0.6) is 0 Å². The Bertz CT molecular complexity index is 1240. The molecule has 200 valence electrons. The predicted octanol–water partition coefficient (Wildman–Crippen LogP) is 3.07. The fraction of sp³-hybridized carbons (Fsp3) is 0.583. The van der Waals surface area contributed by atoms with Gasteiger partial charge in [-0.3, -0.25) is 0 Å². The smallest absolute Gasteiger partial charge is 0.185 e. The van der Waals surface area contributed by atoms with Crippen LogP contribution in [0, 0.1) is 5.92 Å². The molecule has 4 rings (SSSR count). The van der Waals surface area contributed by atoms with Gasteiger partial charge in [0.05, 0.1) is 24.2 Å². The molecule has 0 aromatic carbocycles. The van der Waals surface area contributed by atoms with E-state index in [1.807, 2.05) is 0 Å². The number of hydrogen-bond donors (Lipinski definition) is 1. The van der Waals surface area contributed by atoms with Crippen LogP contribution in [0.2, 0.25) is 0 Å². The van der Waals surface area contributed by atoms with E-state index in [0.29, 0.717) is 5.03 Å². The lowest BCUT2D eigenvalue weighted by molar-refractivity contribution is -0.114. The monoisotopic (exact) mass is 565 g/mol. The third kappa shape index (κ3) is 5.02. The molecule has 0 spiro atoms. The molecule has 7 nitrogen and oxygen atoms in total. The maximum atomic E-state index is 15.5. The Kier molecular flexibility index (Phi) is 8.28. The molecule has 1 N–H and O–H groups in total. The van der Waals surface area contributed by atoms with E-state index < -0.39 is 54.5 Å². The largest absolute Gasteiger partial charge is 0.378 e. The van der Waals surface area contributed by atoms with Crippen molar-refractivity contribution < 1.29 is 35.1 Å². The van der Waals surface area contributed by atoms with Crippen LogP contribution in [-0.4, -0.2) is 78.3 Å². The lowest BCUT2D eigenvalue weighted by Crippen LogP contribution is -2.64. The first-order valence-electron chi connectivity index (χ1n) is 11.8. The number of sulfone groups is 2. The fourth-order valence-corrected chi connectivity index (χ4v) is 9.43. The van der Waals surface area contributed by atoms with Crippen LogP contribution >= 0.6 is 11.6 Å². The van der Waals surface area contributed by atoms with Crippen LogP contribution in [0.1, 0.15) is 19.3 Å². The number of alkyl halides is 1. The molecule has 2 aliphatic heterocycles. The molecule has 0 amide bonds. The van der Waals surface area contributed by atoms with Crippen LogP contribution < -0.4 is 5.32 Å². The molecule has 0 aromatic rings. The van der Waals surface area contributed by atoms with Gasteiger partial charge >= 0.3 is 0 Å². The topological polar surface area (TPSA) is 98.8 Å². The lowest BCUT2D eigenvalue weighted by Gasteiger charge is -2.54. The third-order valence-corrected chi connectivity index (χ3v) is 11.9. The van der Waals surface area contributed by atoms with Crippen molar-refractivity contribution in [2.24, 2.45) is 5.92 Å².